The van der Waals surface area contributed by atoms with Crippen molar-refractivity contribution < 1.29 is 33.0 Å². The van der Waals surface area contributed by atoms with Gasteiger partial charge in [-0.2, -0.15) is 0 Å². The number of hydrogen-bond acceptors (Lipinski definition) is 7. The Bertz CT molecular complexity index is 1560. The Morgan fingerprint density at radius 1 is 1.16 bits per heavy atom. The third-order valence-electron chi connectivity index (χ3n) is 9.73. The van der Waals surface area contributed by atoms with Crippen LogP contribution in [0.3, 0.4) is 0 Å². The van der Waals surface area contributed by atoms with Crippen LogP contribution in [-0.4, -0.2) is 61.6 Å². The third kappa shape index (κ3) is 6.01. The van der Waals surface area contributed by atoms with Crippen LogP contribution in [0.5, 0.6) is 5.75 Å². The lowest BCUT2D eigenvalue weighted by molar-refractivity contribution is -0.137. The summed E-state index contributed by atoms with van der Waals surface area (Å²) in [5, 5.41) is 19.8. The quantitative estimate of drug-likeness (QED) is 0.416. The average molecular weight is 629 g/mol. The Labute approximate surface area is 256 Å². The monoisotopic (exact) mass is 628 g/mol. The molecule has 1 fully saturated rings. The number of carbonyl (C=O) groups is 2. The highest BCUT2D eigenvalue weighted by molar-refractivity contribution is 7.90. The molecule has 0 radical (unpaired) electrons. The summed E-state index contributed by atoms with van der Waals surface area (Å²) in [6.07, 6.45) is 7.04. The predicted molar refractivity (Wildman–Crippen MR) is 163 cm³/mol. The molecule has 11 heteroatoms. The number of nitrogens with one attached hydrogen (secondary N) is 1. The molecule has 1 saturated carbocycles. The van der Waals surface area contributed by atoms with Crippen LogP contribution < -0.4 is 14.4 Å². The number of aryl methyl sites for hydroxylation is 1. The fraction of sp³-hybridized carbons (Fsp3) is 0.500. The maximum Gasteiger partial charge on any atom is 0.304 e. The molecule has 6 rings (SSSR count). The number of rotatable bonds is 2. The molecular weight excluding hydrogens is 592 g/mol. The number of fused-ring (bicyclic) bond motifs is 4. The molecule has 0 aromatic heterocycles. The number of carboxylic acid groups (broad SMARTS) is 1. The van der Waals surface area contributed by atoms with Gasteiger partial charge < -0.3 is 19.8 Å². The normalized spacial score (nSPS) is 30.9. The molecule has 9 nitrogen and oxygen atoms in total. The first-order chi connectivity index (χ1) is 20.5. The molecule has 230 valence electrons. The van der Waals surface area contributed by atoms with Gasteiger partial charge >= 0.3 is 5.97 Å². The topological polar surface area (TPSA) is 133 Å². The van der Waals surface area contributed by atoms with Crippen molar-refractivity contribution in [3.63, 3.8) is 0 Å². The second-order valence-corrected chi connectivity index (χ2v) is 14.9. The minimum atomic E-state index is -4.30. The maximum atomic E-state index is 13.3. The van der Waals surface area contributed by atoms with E-state index in [1.807, 2.05) is 12.1 Å². The number of aliphatic hydroxyl groups is 1. The minimum absolute atomic E-state index is 0.00675. The van der Waals surface area contributed by atoms with E-state index in [1.165, 1.54) is 11.1 Å². The Morgan fingerprint density at radius 2 is 2.00 bits per heavy atom. The molecule has 3 N–H and O–H groups in total. The van der Waals surface area contributed by atoms with Crippen molar-refractivity contribution in [3.05, 3.63) is 70.3 Å². The molecule has 2 aromatic carbocycles. The van der Waals surface area contributed by atoms with Gasteiger partial charge in [0, 0.05) is 29.1 Å². The molecule has 5 atom stereocenters. The van der Waals surface area contributed by atoms with Crippen molar-refractivity contribution >= 4 is 39.2 Å². The van der Waals surface area contributed by atoms with Crippen LogP contribution >= 0.6 is 11.6 Å². The Hall–Kier alpha value is -3.08. The first kappa shape index (κ1) is 30.0. The van der Waals surface area contributed by atoms with Crippen LogP contribution in [0.1, 0.15) is 66.4 Å². The smallest absolute Gasteiger partial charge is 0.304 e. The highest BCUT2D eigenvalue weighted by Crippen LogP contribution is 2.46. The fourth-order valence-electron chi connectivity index (χ4n) is 7.30. The predicted octanol–water partition coefficient (Wildman–Crippen LogP) is 4.45. The van der Waals surface area contributed by atoms with Crippen LogP contribution in [0, 0.1) is 11.8 Å². The summed E-state index contributed by atoms with van der Waals surface area (Å²) in [6, 6.07) is 11.0. The number of benzene rings is 2. The molecule has 2 aliphatic heterocycles. The number of hydrogen-bond donors (Lipinski definition) is 3. The van der Waals surface area contributed by atoms with Gasteiger partial charge in [0.2, 0.25) is 10.0 Å². The molecule has 2 bridgehead atoms. The van der Waals surface area contributed by atoms with E-state index in [4.69, 9.17) is 16.3 Å². The van der Waals surface area contributed by atoms with Gasteiger partial charge in [-0.3, -0.25) is 9.59 Å². The van der Waals surface area contributed by atoms with E-state index < -0.39 is 39.7 Å². The van der Waals surface area contributed by atoms with E-state index in [0.29, 0.717) is 36.2 Å². The summed E-state index contributed by atoms with van der Waals surface area (Å²) in [5.41, 5.74) is 2.96. The van der Waals surface area contributed by atoms with E-state index in [9.17, 15) is 28.2 Å². The SMILES string of the molecule is O=C(O)C[C@@H]1CC/C=C\[C@H](O)[C@@H]2CC[C@H]2CN2C[C@@]3(CCCc4cc(Cl)ccc43)COc3ccc(cc32)C(=O)NS1(=O)=O. The van der Waals surface area contributed by atoms with Gasteiger partial charge in [-0.05, 0) is 98.2 Å². The summed E-state index contributed by atoms with van der Waals surface area (Å²) in [4.78, 5) is 27.1. The molecule has 43 heavy (non-hydrogen) atoms. The maximum absolute atomic E-state index is 13.3. The zero-order valence-corrected chi connectivity index (χ0v) is 25.4. The molecule has 0 saturated heterocycles. The number of aliphatic carboxylic acids is 1. The summed E-state index contributed by atoms with van der Waals surface area (Å²) in [5.74, 6) is -1.22. The standard InChI is InChI=1S/C32H37ClN2O7S/c33-23-9-11-26-20(14-23)4-3-13-32(26)18-35-17-22-7-10-25(22)28(36)6-2-1-5-24(16-30(37)38)43(40,41)34-31(39)21-8-12-29(42-19-32)27(35)15-21/h2,6,8-9,11-12,14-15,22,24-25,28,36H,1,3-5,7,10,13,16-19H2,(H,34,39)(H,37,38)/b6-2-/t22-,24-,25+,28-,32-/m0/s1. The van der Waals surface area contributed by atoms with Gasteiger partial charge in [0.05, 0.1) is 30.1 Å². The van der Waals surface area contributed by atoms with Crippen molar-refractivity contribution in [1.82, 2.24) is 4.72 Å². The number of carboxylic acids is 1. The van der Waals surface area contributed by atoms with Crippen molar-refractivity contribution in [2.24, 2.45) is 11.8 Å². The van der Waals surface area contributed by atoms with Crippen molar-refractivity contribution in [3.8, 4) is 5.75 Å². The minimum Gasteiger partial charge on any atom is -0.490 e. The van der Waals surface area contributed by atoms with E-state index in [1.54, 1.807) is 30.4 Å². The number of halogens is 1. The van der Waals surface area contributed by atoms with E-state index in [-0.39, 0.29) is 35.7 Å². The van der Waals surface area contributed by atoms with Crippen LogP contribution in [0.4, 0.5) is 5.69 Å². The third-order valence-corrected chi connectivity index (χ3v) is 11.7. The Kier molecular flexibility index (Phi) is 8.21. The molecule has 4 aliphatic rings. The molecule has 1 spiro atoms. The number of amides is 1. The number of carbonyl (C=O) groups excluding carboxylic acids is 1. The van der Waals surface area contributed by atoms with Gasteiger partial charge in [-0.25, -0.2) is 13.1 Å². The Morgan fingerprint density at radius 3 is 2.77 bits per heavy atom. The first-order valence-corrected chi connectivity index (χ1v) is 16.9. The zero-order valence-electron chi connectivity index (χ0n) is 23.9. The molecule has 2 aliphatic carbocycles. The second-order valence-electron chi connectivity index (χ2n) is 12.5. The van der Waals surface area contributed by atoms with Crippen molar-refractivity contribution in [1.29, 1.82) is 0 Å². The molecule has 2 aromatic rings. The first-order valence-electron chi connectivity index (χ1n) is 15.0. The average Bonchev–Trinajstić information content (AvgIpc) is 3.08. The van der Waals surface area contributed by atoms with Crippen LogP contribution in [0.25, 0.3) is 0 Å². The van der Waals surface area contributed by atoms with Gasteiger partial charge in [-0.15, -0.1) is 0 Å². The van der Waals surface area contributed by atoms with E-state index in [0.717, 1.165) is 32.1 Å². The number of ether oxygens (including phenoxy) is 1. The van der Waals surface area contributed by atoms with E-state index in [2.05, 4.69) is 15.7 Å². The van der Waals surface area contributed by atoms with Gasteiger partial charge in [0.15, 0.2) is 0 Å². The van der Waals surface area contributed by atoms with Crippen molar-refractivity contribution in [2.75, 3.05) is 24.6 Å². The molecule has 0 unspecified atom stereocenters. The van der Waals surface area contributed by atoms with E-state index >= 15 is 0 Å². The fourth-order valence-corrected chi connectivity index (χ4v) is 8.85. The lowest BCUT2D eigenvalue weighted by Crippen LogP contribution is -2.49. The summed E-state index contributed by atoms with van der Waals surface area (Å²) in [6.45, 7) is 1.73. The largest absolute Gasteiger partial charge is 0.490 e. The van der Waals surface area contributed by atoms with Gasteiger partial charge in [-0.1, -0.05) is 29.8 Å². The molecular formula is C32H37ClN2O7S. The molecule has 1 amide bonds. The number of aliphatic hydroxyl groups excluding tert-OH is 1. The van der Waals surface area contributed by atoms with Crippen LogP contribution in [-0.2, 0) is 26.7 Å². The summed E-state index contributed by atoms with van der Waals surface area (Å²) >= 11 is 6.37. The van der Waals surface area contributed by atoms with Gasteiger partial charge in [0.1, 0.15) is 5.75 Å². The lowest BCUT2D eigenvalue weighted by atomic mass is 9.68. The number of nitrogens with zero attached hydrogens (tertiary/aromatic N) is 1. The van der Waals surface area contributed by atoms with Crippen molar-refractivity contribution in [2.45, 2.75) is 68.1 Å². The zero-order chi connectivity index (χ0) is 30.4. The van der Waals surface area contributed by atoms with Crippen LogP contribution in [0.15, 0.2) is 48.6 Å². The second kappa shape index (κ2) is 11.8. The number of sulfonamides is 1. The Balaban J connectivity index is 1.41. The summed E-state index contributed by atoms with van der Waals surface area (Å²) < 4.78 is 35.0. The van der Waals surface area contributed by atoms with Gasteiger partial charge in [0.25, 0.3) is 5.91 Å². The summed E-state index contributed by atoms with van der Waals surface area (Å²) in [7, 11) is -4.30. The number of anilines is 1. The highest BCUT2D eigenvalue weighted by Gasteiger charge is 2.44. The number of allylic oxidation sites excluding steroid dienone is 1. The van der Waals surface area contributed by atoms with Crippen LogP contribution in [0.2, 0.25) is 5.02 Å². The lowest BCUT2D eigenvalue weighted by Gasteiger charge is -2.45. The highest BCUT2D eigenvalue weighted by atomic mass is 35.5. The molecule has 2 heterocycles.